The molecule has 5 rings (SSSR count). The van der Waals surface area contributed by atoms with Crippen LogP contribution in [-0.4, -0.2) is 35.0 Å². The van der Waals surface area contributed by atoms with Crippen molar-refractivity contribution in [3.63, 3.8) is 0 Å². The van der Waals surface area contributed by atoms with E-state index in [2.05, 4.69) is 0 Å². The smallest absolute Gasteiger partial charge is 0.301 e. The van der Waals surface area contributed by atoms with Crippen LogP contribution in [0.2, 0.25) is 5.02 Å². The molecule has 4 aromatic rings. The van der Waals surface area contributed by atoms with Gasteiger partial charge in [-0.25, -0.2) is 4.98 Å². The average molecular weight is 577 g/mol. The SMILES string of the molecule is CCCOc1ccc(C2C(=C(O)c3ccc(Cl)cc3)C(=O)C(=O)N2c2nc3c(C)cc(C)cc3s2)cc1OCC. The van der Waals surface area contributed by atoms with Crippen molar-refractivity contribution >= 4 is 55.7 Å². The van der Waals surface area contributed by atoms with Crippen molar-refractivity contribution in [1.29, 1.82) is 0 Å². The van der Waals surface area contributed by atoms with E-state index in [0.717, 1.165) is 27.8 Å². The molecule has 3 aromatic carbocycles. The van der Waals surface area contributed by atoms with Crippen LogP contribution in [0, 0.1) is 13.8 Å². The van der Waals surface area contributed by atoms with Crippen LogP contribution < -0.4 is 14.4 Å². The fourth-order valence-corrected chi connectivity index (χ4v) is 6.16. The van der Waals surface area contributed by atoms with Gasteiger partial charge in [0.15, 0.2) is 16.6 Å². The Balaban J connectivity index is 1.73. The van der Waals surface area contributed by atoms with Crippen molar-refractivity contribution < 1.29 is 24.2 Å². The highest BCUT2D eigenvalue weighted by Crippen LogP contribution is 2.46. The number of aryl methyl sites for hydroxylation is 2. The van der Waals surface area contributed by atoms with E-state index >= 15 is 0 Å². The Kier molecular flexibility index (Phi) is 7.83. The molecule has 1 N–H and O–H groups in total. The van der Waals surface area contributed by atoms with Crippen molar-refractivity contribution in [3.8, 4) is 11.5 Å². The van der Waals surface area contributed by atoms with Crippen LogP contribution in [0.5, 0.6) is 11.5 Å². The fraction of sp³-hybridized carbons (Fsp3) is 0.258. The van der Waals surface area contributed by atoms with E-state index in [1.807, 2.05) is 39.8 Å². The Morgan fingerprint density at radius 2 is 1.77 bits per heavy atom. The summed E-state index contributed by atoms with van der Waals surface area (Å²) >= 11 is 7.39. The van der Waals surface area contributed by atoms with Gasteiger partial charge < -0.3 is 14.6 Å². The molecule has 7 nitrogen and oxygen atoms in total. The Morgan fingerprint density at radius 1 is 1.02 bits per heavy atom. The monoisotopic (exact) mass is 576 g/mol. The van der Waals surface area contributed by atoms with Crippen molar-refractivity contribution in [2.75, 3.05) is 18.1 Å². The molecule has 206 valence electrons. The predicted octanol–water partition coefficient (Wildman–Crippen LogP) is 7.38. The molecule has 0 saturated carbocycles. The first-order chi connectivity index (χ1) is 19.2. The number of anilines is 1. The molecule has 1 saturated heterocycles. The van der Waals surface area contributed by atoms with Gasteiger partial charge in [-0.1, -0.05) is 42.0 Å². The maximum atomic E-state index is 13.7. The summed E-state index contributed by atoms with van der Waals surface area (Å²) in [7, 11) is 0. The topological polar surface area (TPSA) is 89.0 Å². The number of ether oxygens (including phenoxy) is 2. The number of nitrogens with zero attached hydrogens (tertiary/aromatic N) is 2. The third-order valence-electron chi connectivity index (χ3n) is 6.63. The van der Waals surface area contributed by atoms with Gasteiger partial charge in [-0.05, 0) is 86.3 Å². The minimum Gasteiger partial charge on any atom is -0.507 e. The molecule has 1 amide bonds. The Hall–Kier alpha value is -3.88. The summed E-state index contributed by atoms with van der Waals surface area (Å²) in [5.41, 5.74) is 3.73. The molecule has 1 atom stereocenters. The summed E-state index contributed by atoms with van der Waals surface area (Å²) in [5, 5.41) is 12.3. The second kappa shape index (κ2) is 11.3. The number of thiazole rings is 1. The van der Waals surface area contributed by atoms with E-state index < -0.39 is 17.7 Å². The minimum absolute atomic E-state index is 0.0378. The lowest BCUT2D eigenvalue weighted by atomic mass is 9.95. The van der Waals surface area contributed by atoms with E-state index in [1.54, 1.807) is 42.5 Å². The van der Waals surface area contributed by atoms with Gasteiger partial charge in [-0.3, -0.25) is 14.5 Å². The molecule has 9 heteroatoms. The average Bonchev–Trinajstić information content (AvgIpc) is 3.46. The number of hydrogen-bond donors (Lipinski definition) is 1. The quantitative estimate of drug-likeness (QED) is 0.134. The first-order valence-electron chi connectivity index (χ1n) is 13.1. The number of hydrogen-bond acceptors (Lipinski definition) is 7. The van der Waals surface area contributed by atoms with Crippen molar-refractivity contribution in [2.45, 2.75) is 40.2 Å². The van der Waals surface area contributed by atoms with Gasteiger partial charge in [0.1, 0.15) is 5.76 Å². The van der Waals surface area contributed by atoms with Crippen molar-refractivity contribution in [1.82, 2.24) is 4.98 Å². The molecule has 1 fully saturated rings. The highest BCUT2D eigenvalue weighted by atomic mass is 35.5. The maximum absolute atomic E-state index is 13.7. The number of carbonyl (C=O) groups is 2. The van der Waals surface area contributed by atoms with Crippen molar-refractivity contribution in [2.24, 2.45) is 0 Å². The molecule has 0 radical (unpaired) electrons. The lowest BCUT2D eigenvalue weighted by molar-refractivity contribution is -0.132. The normalized spacial score (nSPS) is 16.6. The van der Waals surface area contributed by atoms with Gasteiger partial charge in [-0.15, -0.1) is 0 Å². The first-order valence-corrected chi connectivity index (χ1v) is 14.3. The number of halogens is 1. The standard InChI is InChI=1S/C31H29ClN2O5S/c1-5-13-39-22-12-9-20(16-23(22)38-6-2)27-25(28(35)19-7-10-21(32)11-8-19)29(36)30(37)34(27)31-33-26-18(4)14-17(3)15-24(26)40-31/h7-12,14-16,27,35H,5-6,13H2,1-4H3. The molecular formula is C31H29ClN2O5S. The molecule has 0 spiro atoms. The van der Waals surface area contributed by atoms with Crippen LogP contribution in [0.3, 0.4) is 0 Å². The van der Waals surface area contributed by atoms with Crippen molar-refractivity contribution in [3.05, 3.63) is 87.4 Å². The van der Waals surface area contributed by atoms with Crippen LogP contribution in [0.4, 0.5) is 5.13 Å². The minimum atomic E-state index is -0.947. The molecule has 0 bridgehead atoms. The summed E-state index contributed by atoms with van der Waals surface area (Å²) in [4.78, 5) is 33.4. The molecule has 0 aliphatic carbocycles. The second-order valence-corrected chi connectivity index (χ2v) is 11.0. The highest BCUT2D eigenvalue weighted by Gasteiger charge is 2.48. The van der Waals surface area contributed by atoms with E-state index in [9.17, 15) is 14.7 Å². The zero-order valence-electron chi connectivity index (χ0n) is 22.7. The number of benzene rings is 3. The highest BCUT2D eigenvalue weighted by molar-refractivity contribution is 7.22. The summed E-state index contributed by atoms with van der Waals surface area (Å²) < 4.78 is 12.7. The summed E-state index contributed by atoms with van der Waals surface area (Å²) in [6.45, 7) is 8.76. The van der Waals surface area contributed by atoms with E-state index in [4.69, 9.17) is 26.1 Å². The third-order valence-corrected chi connectivity index (χ3v) is 7.89. The first kappa shape index (κ1) is 27.7. The number of rotatable bonds is 8. The molecular weight excluding hydrogens is 548 g/mol. The van der Waals surface area contributed by atoms with E-state index in [1.165, 1.54) is 16.2 Å². The van der Waals surface area contributed by atoms with Crippen LogP contribution in [0.25, 0.3) is 16.0 Å². The largest absolute Gasteiger partial charge is 0.507 e. The van der Waals surface area contributed by atoms with Gasteiger partial charge in [0.2, 0.25) is 0 Å². The lowest BCUT2D eigenvalue weighted by Gasteiger charge is -2.24. The number of aliphatic hydroxyl groups is 1. The summed E-state index contributed by atoms with van der Waals surface area (Å²) in [6.07, 6.45) is 0.824. The van der Waals surface area contributed by atoms with Gasteiger partial charge in [-0.2, -0.15) is 0 Å². The van der Waals surface area contributed by atoms with Gasteiger partial charge in [0, 0.05) is 10.6 Å². The van der Waals surface area contributed by atoms with E-state index in [-0.39, 0.29) is 11.3 Å². The molecule has 1 unspecified atom stereocenters. The molecule has 1 aromatic heterocycles. The van der Waals surface area contributed by atoms with Crippen LogP contribution >= 0.6 is 22.9 Å². The van der Waals surface area contributed by atoms with Gasteiger partial charge in [0.05, 0.1) is 35.0 Å². The Labute approximate surface area is 241 Å². The zero-order chi connectivity index (χ0) is 28.6. The summed E-state index contributed by atoms with van der Waals surface area (Å²) in [6, 6.07) is 14.9. The third kappa shape index (κ3) is 5.05. The Morgan fingerprint density at radius 3 is 2.48 bits per heavy atom. The predicted molar refractivity (Wildman–Crippen MR) is 159 cm³/mol. The van der Waals surface area contributed by atoms with Gasteiger partial charge in [0.25, 0.3) is 5.78 Å². The molecule has 1 aliphatic heterocycles. The van der Waals surface area contributed by atoms with Gasteiger partial charge >= 0.3 is 5.91 Å². The lowest BCUT2D eigenvalue weighted by Crippen LogP contribution is -2.29. The van der Waals surface area contributed by atoms with Crippen LogP contribution in [0.15, 0.2) is 60.2 Å². The molecule has 1 aliphatic rings. The number of aliphatic hydroxyl groups excluding tert-OH is 1. The maximum Gasteiger partial charge on any atom is 0.301 e. The fourth-order valence-electron chi connectivity index (χ4n) is 4.86. The number of fused-ring (bicyclic) bond motifs is 1. The number of carbonyl (C=O) groups excluding carboxylic acids is 2. The number of aromatic nitrogens is 1. The zero-order valence-corrected chi connectivity index (χ0v) is 24.2. The summed E-state index contributed by atoms with van der Waals surface area (Å²) in [5.74, 6) is -0.804. The molecule has 40 heavy (non-hydrogen) atoms. The molecule has 2 heterocycles. The van der Waals surface area contributed by atoms with Crippen LogP contribution in [0.1, 0.15) is 48.6 Å². The Bertz CT molecular complexity index is 1640. The van der Waals surface area contributed by atoms with E-state index in [0.29, 0.717) is 46.0 Å². The number of amides is 1. The number of ketones is 1. The number of Topliss-reactive ketones (excluding diaryl/α,β-unsaturated/α-hetero) is 1. The van der Waals surface area contributed by atoms with Crippen LogP contribution in [-0.2, 0) is 9.59 Å². The second-order valence-electron chi connectivity index (χ2n) is 9.59.